The van der Waals surface area contributed by atoms with Gasteiger partial charge in [-0.05, 0) is 24.6 Å². The van der Waals surface area contributed by atoms with Crippen LogP contribution in [0.25, 0.3) is 0 Å². The molecule has 2 N–H and O–H groups in total. The molecular formula is C16H20N4O. The third-order valence-electron chi connectivity index (χ3n) is 2.98. The second kappa shape index (κ2) is 7.99. The van der Waals surface area contributed by atoms with Crippen LogP contribution in [-0.4, -0.2) is 22.4 Å². The molecule has 0 bridgehead atoms. The molecule has 5 heteroatoms. The number of aromatic nitrogens is 2. The van der Waals surface area contributed by atoms with E-state index in [0.717, 1.165) is 18.7 Å². The van der Waals surface area contributed by atoms with Crippen LogP contribution in [0.1, 0.15) is 36.7 Å². The van der Waals surface area contributed by atoms with Gasteiger partial charge in [0.2, 0.25) is 5.95 Å². The molecule has 21 heavy (non-hydrogen) atoms. The average molecular weight is 284 g/mol. The largest absolute Gasteiger partial charge is 0.354 e. The number of carbonyl (C=O) groups is 1. The fourth-order valence-electron chi connectivity index (χ4n) is 1.86. The summed E-state index contributed by atoms with van der Waals surface area (Å²) in [7, 11) is 0. The van der Waals surface area contributed by atoms with Crippen molar-refractivity contribution < 1.29 is 4.79 Å². The zero-order chi connectivity index (χ0) is 14.9. The highest BCUT2D eigenvalue weighted by atomic mass is 16.1. The van der Waals surface area contributed by atoms with Crippen LogP contribution in [0, 0.1) is 0 Å². The van der Waals surface area contributed by atoms with Crippen molar-refractivity contribution in [1.82, 2.24) is 9.97 Å². The van der Waals surface area contributed by atoms with Crippen LogP contribution in [0.5, 0.6) is 0 Å². The maximum atomic E-state index is 12.1. The molecule has 1 amide bonds. The van der Waals surface area contributed by atoms with E-state index in [4.69, 9.17) is 0 Å². The number of rotatable bonds is 7. The van der Waals surface area contributed by atoms with Crippen LogP contribution < -0.4 is 10.6 Å². The molecule has 2 rings (SSSR count). The molecule has 0 aliphatic carbocycles. The molecule has 0 fully saturated rings. The Bertz CT molecular complexity index is 571. The van der Waals surface area contributed by atoms with Gasteiger partial charge in [-0.1, -0.05) is 38.0 Å². The van der Waals surface area contributed by atoms with Crippen LogP contribution in [0.15, 0.2) is 42.6 Å². The molecular weight excluding hydrogens is 264 g/mol. The number of hydrogen-bond donors (Lipinski definition) is 2. The lowest BCUT2D eigenvalue weighted by Gasteiger charge is -2.07. The van der Waals surface area contributed by atoms with E-state index in [1.165, 1.54) is 12.8 Å². The van der Waals surface area contributed by atoms with E-state index in [9.17, 15) is 4.79 Å². The van der Waals surface area contributed by atoms with Crippen LogP contribution >= 0.6 is 0 Å². The normalized spacial score (nSPS) is 10.1. The van der Waals surface area contributed by atoms with Gasteiger partial charge in [0.1, 0.15) is 5.69 Å². The first kappa shape index (κ1) is 15.0. The quantitative estimate of drug-likeness (QED) is 0.765. The molecule has 0 saturated carbocycles. The first-order valence-corrected chi connectivity index (χ1v) is 7.23. The maximum absolute atomic E-state index is 12.1. The number of nitrogens with zero attached hydrogens (tertiary/aromatic N) is 2. The SMILES string of the molecule is CCCCCNc1nccc(C(=O)Nc2ccccc2)n1. The highest BCUT2D eigenvalue weighted by Crippen LogP contribution is 2.08. The minimum absolute atomic E-state index is 0.236. The number of unbranched alkanes of at least 4 members (excludes halogenated alkanes) is 2. The van der Waals surface area contributed by atoms with Crippen molar-refractivity contribution in [2.75, 3.05) is 17.2 Å². The summed E-state index contributed by atoms with van der Waals surface area (Å²) in [5.41, 5.74) is 1.10. The highest BCUT2D eigenvalue weighted by Gasteiger charge is 2.08. The van der Waals surface area contributed by atoms with Crippen LogP contribution in [0.2, 0.25) is 0 Å². The zero-order valence-corrected chi connectivity index (χ0v) is 12.2. The van der Waals surface area contributed by atoms with Crippen molar-refractivity contribution in [1.29, 1.82) is 0 Å². The van der Waals surface area contributed by atoms with E-state index in [-0.39, 0.29) is 5.91 Å². The van der Waals surface area contributed by atoms with E-state index in [0.29, 0.717) is 11.6 Å². The Balaban J connectivity index is 1.95. The first-order valence-electron chi connectivity index (χ1n) is 7.23. The molecule has 0 aliphatic rings. The lowest BCUT2D eigenvalue weighted by Crippen LogP contribution is -2.15. The fraction of sp³-hybridized carbons (Fsp3) is 0.312. The van der Waals surface area contributed by atoms with Crippen molar-refractivity contribution in [3.8, 4) is 0 Å². The second-order valence-electron chi connectivity index (χ2n) is 4.72. The van der Waals surface area contributed by atoms with E-state index in [1.807, 2.05) is 30.3 Å². The summed E-state index contributed by atoms with van der Waals surface area (Å²) in [5, 5.41) is 5.94. The summed E-state index contributed by atoms with van der Waals surface area (Å²) in [4.78, 5) is 20.5. The molecule has 0 spiro atoms. The average Bonchev–Trinajstić information content (AvgIpc) is 2.53. The molecule has 1 aromatic heterocycles. The minimum atomic E-state index is -0.236. The minimum Gasteiger partial charge on any atom is -0.354 e. The number of anilines is 2. The Morgan fingerprint density at radius 3 is 2.71 bits per heavy atom. The van der Waals surface area contributed by atoms with Gasteiger partial charge in [-0.3, -0.25) is 4.79 Å². The van der Waals surface area contributed by atoms with Crippen molar-refractivity contribution >= 4 is 17.5 Å². The summed E-state index contributed by atoms with van der Waals surface area (Å²) >= 11 is 0. The van der Waals surface area contributed by atoms with Gasteiger partial charge in [-0.2, -0.15) is 0 Å². The van der Waals surface area contributed by atoms with Crippen molar-refractivity contribution in [2.45, 2.75) is 26.2 Å². The lowest BCUT2D eigenvalue weighted by molar-refractivity contribution is 0.102. The van der Waals surface area contributed by atoms with Gasteiger partial charge in [0.25, 0.3) is 5.91 Å². The Hall–Kier alpha value is -2.43. The first-order chi connectivity index (χ1) is 10.3. The summed E-state index contributed by atoms with van der Waals surface area (Å²) in [6.07, 6.45) is 5.00. The van der Waals surface area contributed by atoms with Crippen LogP contribution in [0.4, 0.5) is 11.6 Å². The Morgan fingerprint density at radius 2 is 1.95 bits per heavy atom. The molecule has 0 unspecified atom stereocenters. The Labute approximate surface area is 124 Å². The monoisotopic (exact) mass is 284 g/mol. The Morgan fingerprint density at radius 1 is 1.14 bits per heavy atom. The van der Waals surface area contributed by atoms with Crippen molar-refractivity contribution in [3.63, 3.8) is 0 Å². The second-order valence-corrected chi connectivity index (χ2v) is 4.72. The lowest BCUT2D eigenvalue weighted by atomic mass is 10.2. The van der Waals surface area contributed by atoms with Crippen LogP contribution in [-0.2, 0) is 0 Å². The van der Waals surface area contributed by atoms with E-state index < -0.39 is 0 Å². The molecule has 110 valence electrons. The van der Waals surface area contributed by atoms with Crippen molar-refractivity contribution in [2.24, 2.45) is 0 Å². The molecule has 1 aromatic carbocycles. The molecule has 0 atom stereocenters. The van der Waals surface area contributed by atoms with Gasteiger partial charge in [0.15, 0.2) is 0 Å². The number of para-hydroxylation sites is 1. The topological polar surface area (TPSA) is 66.9 Å². The third-order valence-corrected chi connectivity index (χ3v) is 2.98. The molecule has 0 radical (unpaired) electrons. The molecule has 0 saturated heterocycles. The summed E-state index contributed by atoms with van der Waals surface area (Å²) in [6, 6.07) is 10.9. The van der Waals surface area contributed by atoms with Crippen LogP contribution in [0.3, 0.4) is 0 Å². The Kier molecular flexibility index (Phi) is 5.70. The summed E-state index contributed by atoms with van der Waals surface area (Å²) < 4.78 is 0. The summed E-state index contributed by atoms with van der Waals surface area (Å²) in [5.74, 6) is 0.257. The number of carbonyl (C=O) groups excluding carboxylic acids is 1. The molecule has 1 heterocycles. The number of benzene rings is 1. The standard InChI is InChI=1S/C16H20N4O/c1-2-3-7-11-17-16-18-12-10-14(20-16)15(21)19-13-8-5-4-6-9-13/h4-6,8-10,12H,2-3,7,11H2,1H3,(H,19,21)(H,17,18,20). The number of nitrogens with one attached hydrogen (secondary N) is 2. The molecule has 0 aliphatic heterocycles. The predicted molar refractivity (Wildman–Crippen MR) is 84.4 cm³/mol. The van der Waals surface area contributed by atoms with E-state index >= 15 is 0 Å². The van der Waals surface area contributed by atoms with Gasteiger partial charge < -0.3 is 10.6 Å². The zero-order valence-electron chi connectivity index (χ0n) is 12.2. The maximum Gasteiger partial charge on any atom is 0.274 e. The smallest absolute Gasteiger partial charge is 0.274 e. The number of amides is 1. The predicted octanol–water partition coefficient (Wildman–Crippen LogP) is 3.33. The van der Waals surface area contributed by atoms with Gasteiger partial charge >= 0.3 is 0 Å². The van der Waals surface area contributed by atoms with Gasteiger partial charge in [-0.15, -0.1) is 0 Å². The number of hydrogen-bond acceptors (Lipinski definition) is 4. The van der Waals surface area contributed by atoms with Gasteiger partial charge in [-0.25, -0.2) is 9.97 Å². The third kappa shape index (κ3) is 4.87. The fourth-order valence-corrected chi connectivity index (χ4v) is 1.86. The molecule has 2 aromatic rings. The van der Waals surface area contributed by atoms with Gasteiger partial charge in [0.05, 0.1) is 0 Å². The van der Waals surface area contributed by atoms with Gasteiger partial charge in [0, 0.05) is 18.4 Å². The highest BCUT2D eigenvalue weighted by molar-refractivity contribution is 6.02. The van der Waals surface area contributed by atoms with E-state index in [2.05, 4.69) is 27.5 Å². The molecule has 5 nitrogen and oxygen atoms in total. The summed E-state index contributed by atoms with van der Waals surface area (Å²) in [6.45, 7) is 2.97. The van der Waals surface area contributed by atoms with Crippen molar-refractivity contribution in [3.05, 3.63) is 48.3 Å². The van der Waals surface area contributed by atoms with E-state index in [1.54, 1.807) is 12.3 Å².